The minimum atomic E-state index is -0.446. The van der Waals surface area contributed by atoms with E-state index in [4.69, 9.17) is 0 Å². The van der Waals surface area contributed by atoms with Gasteiger partial charge in [0.15, 0.2) is 0 Å². The zero-order chi connectivity index (χ0) is 17.8. The van der Waals surface area contributed by atoms with E-state index in [-0.39, 0.29) is 11.6 Å². The van der Waals surface area contributed by atoms with Gasteiger partial charge in [-0.1, -0.05) is 6.07 Å². The maximum absolute atomic E-state index is 12.4. The minimum Gasteiger partial charge on any atom is -0.353 e. The highest BCUT2D eigenvalue weighted by Gasteiger charge is 2.23. The van der Waals surface area contributed by atoms with Gasteiger partial charge in [0.1, 0.15) is 12.0 Å². The van der Waals surface area contributed by atoms with Crippen LogP contribution in [0.15, 0.2) is 36.7 Å². The number of hydrogen-bond acceptors (Lipinski definition) is 6. The maximum atomic E-state index is 12.4. The number of rotatable bonds is 4. The Kier molecular flexibility index (Phi) is 4.87. The summed E-state index contributed by atoms with van der Waals surface area (Å²) in [6, 6.07) is 7.07. The topological polar surface area (TPSA) is 92.5 Å². The van der Waals surface area contributed by atoms with Crippen LogP contribution in [0.5, 0.6) is 0 Å². The average molecular weight is 341 g/mol. The standard InChI is InChI=1S/C17H19N5O3/c1-13-10-15(22(24)25)12-19-17(13)21-8-6-20(7-9-21)16(23)11-14-4-2-3-5-18-14/h2-5,10,12H,6-9,11H2,1H3. The third-order valence-electron chi connectivity index (χ3n) is 4.24. The monoisotopic (exact) mass is 341 g/mol. The molecule has 25 heavy (non-hydrogen) atoms. The third-order valence-corrected chi connectivity index (χ3v) is 4.24. The molecule has 0 bridgehead atoms. The van der Waals surface area contributed by atoms with E-state index in [1.807, 2.05) is 30.0 Å². The first-order chi connectivity index (χ1) is 12.0. The summed E-state index contributed by atoms with van der Waals surface area (Å²) in [7, 11) is 0. The molecule has 0 atom stereocenters. The van der Waals surface area contributed by atoms with Gasteiger partial charge >= 0.3 is 0 Å². The highest BCUT2D eigenvalue weighted by atomic mass is 16.6. The molecule has 8 heteroatoms. The Hall–Kier alpha value is -3.03. The second kappa shape index (κ2) is 7.25. The lowest BCUT2D eigenvalue weighted by Crippen LogP contribution is -2.49. The Morgan fingerprint density at radius 3 is 2.60 bits per heavy atom. The number of pyridine rings is 2. The predicted octanol–water partition coefficient (Wildman–Crippen LogP) is 1.58. The molecule has 1 aliphatic heterocycles. The molecular formula is C17H19N5O3. The fourth-order valence-electron chi connectivity index (χ4n) is 2.92. The second-order valence-corrected chi connectivity index (χ2v) is 5.96. The van der Waals surface area contributed by atoms with Crippen molar-refractivity contribution in [2.45, 2.75) is 13.3 Å². The summed E-state index contributed by atoms with van der Waals surface area (Å²) < 4.78 is 0. The van der Waals surface area contributed by atoms with Gasteiger partial charge in [-0.05, 0) is 24.6 Å². The molecule has 1 saturated heterocycles. The summed E-state index contributed by atoms with van der Waals surface area (Å²) >= 11 is 0. The summed E-state index contributed by atoms with van der Waals surface area (Å²) in [6.45, 7) is 4.32. The first kappa shape index (κ1) is 16.8. The molecule has 0 saturated carbocycles. The number of nitro groups is 1. The lowest BCUT2D eigenvalue weighted by Gasteiger charge is -2.36. The minimum absolute atomic E-state index is 0.00887. The molecule has 0 aliphatic carbocycles. The maximum Gasteiger partial charge on any atom is 0.287 e. The van der Waals surface area contributed by atoms with Crippen molar-refractivity contribution in [1.29, 1.82) is 0 Å². The van der Waals surface area contributed by atoms with Crippen LogP contribution >= 0.6 is 0 Å². The van der Waals surface area contributed by atoms with Crippen molar-refractivity contribution in [1.82, 2.24) is 14.9 Å². The molecule has 1 amide bonds. The number of carbonyl (C=O) groups excluding carboxylic acids is 1. The first-order valence-corrected chi connectivity index (χ1v) is 8.08. The molecule has 3 rings (SSSR count). The van der Waals surface area contributed by atoms with E-state index in [9.17, 15) is 14.9 Å². The Morgan fingerprint density at radius 2 is 2.00 bits per heavy atom. The molecule has 0 spiro atoms. The summed E-state index contributed by atoms with van der Waals surface area (Å²) in [6.07, 6.45) is 3.26. The summed E-state index contributed by atoms with van der Waals surface area (Å²) in [4.78, 5) is 35.0. The van der Waals surface area contributed by atoms with Crippen LogP contribution in [0.4, 0.5) is 11.5 Å². The van der Waals surface area contributed by atoms with E-state index >= 15 is 0 Å². The van der Waals surface area contributed by atoms with Crippen molar-refractivity contribution in [2.75, 3.05) is 31.1 Å². The zero-order valence-corrected chi connectivity index (χ0v) is 14.0. The van der Waals surface area contributed by atoms with Crippen LogP contribution < -0.4 is 4.90 Å². The molecule has 0 N–H and O–H groups in total. The lowest BCUT2D eigenvalue weighted by molar-refractivity contribution is -0.385. The molecule has 1 fully saturated rings. The van der Waals surface area contributed by atoms with Gasteiger partial charge in [-0.3, -0.25) is 19.9 Å². The summed E-state index contributed by atoms with van der Waals surface area (Å²) in [5, 5.41) is 10.8. The van der Waals surface area contributed by atoms with Crippen LogP contribution in [-0.2, 0) is 11.2 Å². The van der Waals surface area contributed by atoms with E-state index < -0.39 is 4.92 Å². The third kappa shape index (κ3) is 3.90. The number of piperazine rings is 1. The normalized spacial score (nSPS) is 14.4. The van der Waals surface area contributed by atoms with Crippen LogP contribution in [0.25, 0.3) is 0 Å². The number of nitrogens with zero attached hydrogens (tertiary/aromatic N) is 5. The van der Waals surface area contributed by atoms with Crippen molar-refractivity contribution < 1.29 is 9.72 Å². The van der Waals surface area contributed by atoms with E-state index in [1.165, 1.54) is 12.3 Å². The molecular weight excluding hydrogens is 322 g/mol. The highest BCUT2D eigenvalue weighted by molar-refractivity contribution is 5.78. The Labute approximate surface area is 145 Å². The summed E-state index contributed by atoms with van der Waals surface area (Å²) in [5.74, 6) is 0.800. The number of carbonyl (C=O) groups is 1. The van der Waals surface area contributed by atoms with Crippen molar-refractivity contribution in [3.8, 4) is 0 Å². The van der Waals surface area contributed by atoms with Crippen LogP contribution in [0.2, 0.25) is 0 Å². The van der Waals surface area contributed by atoms with Gasteiger partial charge in [0.05, 0.1) is 11.3 Å². The van der Waals surface area contributed by atoms with Crippen LogP contribution in [0.3, 0.4) is 0 Å². The molecule has 2 aromatic rings. The molecule has 0 aromatic carbocycles. The number of anilines is 1. The van der Waals surface area contributed by atoms with Gasteiger partial charge in [0.25, 0.3) is 5.69 Å². The van der Waals surface area contributed by atoms with Crippen molar-refractivity contribution >= 4 is 17.4 Å². The van der Waals surface area contributed by atoms with Crippen LogP contribution in [0.1, 0.15) is 11.3 Å². The summed E-state index contributed by atoms with van der Waals surface area (Å²) in [5.41, 5.74) is 1.52. The largest absolute Gasteiger partial charge is 0.353 e. The average Bonchev–Trinajstić information content (AvgIpc) is 2.62. The zero-order valence-electron chi connectivity index (χ0n) is 14.0. The van der Waals surface area contributed by atoms with Gasteiger partial charge in [0.2, 0.25) is 5.91 Å². The van der Waals surface area contributed by atoms with Gasteiger partial charge in [-0.15, -0.1) is 0 Å². The van der Waals surface area contributed by atoms with E-state index in [0.717, 1.165) is 17.1 Å². The highest BCUT2D eigenvalue weighted by Crippen LogP contribution is 2.22. The Morgan fingerprint density at radius 1 is 1.24 bits per heavy atom. The Bertz CT molecular complexity index is 773. The van der Waals surface area contributed by atoms with E-state index in [2.05, 4.69) is 14.9 Å². The van der Waals surface area contributed by atoms with Crippen molar-refractivity contribution in [3.05, 3.63) is 58.0 Å². The molecule has 130 valence electrons. The Balaban J connectivity index is 1.60. The van der Waals surface area contributed by atoms with Crippen LogP contribution in [-0.4, -0.2) is 51.9 Å². The second-order valence-electron chi connectivity index (χ2n) is 5.96. The quantitative estimate of drug-likeness (QED) is 0.619. The number of amides is 1. The van der Waals surface area contributed by atoms with Crippen molar-refractivity contribution in [3.63, 3.8) is 0 Å². The number of aryl methyl sites for hydroxylation is 1. The van der Waals surface area contributed by atoms with Gasteiger partial charge in [0, 0.05) is 44.1 Å². The fraction of sp³-hybridized carbons (Fsp3) is 0.353. The van der Waals surface area contributed by atoms with Gasteiger partial charge in [-0.25, -0.2) is 4.98 Å². The molecule has 0 radical (unpaired) electrons. The smallest absolute Gasteiger partial charge is 0.287 e. The molecule has 3 heterocycles. The molecule has 8 nitrogen and oxygen atoms in total. The fourth-order valence-corrected chi connectivity index (χ4v) is 2.92. The van der Waals surface area contributed by atoms with E-state index in [1.54, 1.807) is 6.20 Å². The van der Waals surface area contributed by atoms with Gasteiger partial charge in [-0.2, -0.15) is 0 Å². The van der Waals surface area contributed by atoms with E-state index in [0.29, 0.717) is 32.6 Å². The van der Waals surface area contributed by atoms with Crippen molar-refractivity contribution in [2.24, 2.45) is 0 Å². The molecule has 1 aliphatic rings. The predicted molar refractivity (Wildman–Crippen MR) is 92.4 cm³/mol. The number of hydrogen-bond donors (Lipinski definition) is 0. The lowest BCUT2D eigenvalue weighted by atomic mass is 10.2. The first-order valence-electron chi connectivity index (χ1n) is 8.08. The molecule has 2 aromatic heterocycles. The molecule has 0 unspecified atom stereocenters. The van der Waals surface area contributed by atoms with Gasteiger partial charge < -0.3 is 9.80 Å². The number of aromatic nitrogens is 2. The van der Waals surface area contributed by atoms with Crippen LogP contribution in [0, 0.1) is 17.0 Å². The SMILES string of the molecule is Cc1cc([N+](=O)[O-])cnc1N1CCN(C(=O)Cc2ccccn2)CC1.